The standard InChI is InChI=1S/C27H33N5O4/c1-32-24-6-2-5-21(22(24)16-29-32)26(33)31-23(27(34)35)11-13-36-20-14-17(15-20)7-9-19-10-8-18-4-3-12-28-25(18)30-19/h2,5-6,8,10,16-17,20,23H,3-4,7,9,11-15H2,1H3,(H,28,30)(H,31,33)(H,34,35)/t17-,20-,23-/m0/s1. The van der Waals surface area contributed by atoms with E-state index in [9.17, 15) is 14.7 Å². The summed E-state index contributed by atoms with van der Waals surface area (Å²) in [4.78, 5) is 29.3. The molecule has 3 heterocycles. The molecule has 190 valence electrons. The van der Waals surface area contributed by atoms with Gasteiger partial charge in [-0.05, 0) is 68.2 Å². The molecule has 3 N–H and O–H groups in total. The fourth-order valence-corrected chi connectivity index (χ4v) is 5.13. The minimum atomic E-state index is -1.07. The zero-order valence-electron chi connectivity index (χ0n) is 20.6. The van der Waals surface area contributed by atoms with Crippen molar-refractivity contribution in [2.45, 2.75) is 57.1 Å². The summed E-state index contributed by atoms with van der Waals surface area (Å²) in [6.07, 6.45) is 8.27. The third-order valence-corrected chi connectivity index (χ3v) is 7.35. The van der Waals surface area contributed by atoms with E-state index < -0.39 is 17.9 Å². The van der Waals surface area contributed by atoms with Crippen molar-refractivity contribution in [1.82, 2.24) is 20.1 Å². The number of aromatic nitrogens is 3. The van der Waals surface area contributed by atoms with Crippen LogP contribution in [-0.4, -0.2) is 57.0 Å². The SMILES string of the molecule is Cn1ncc2c(C(=O)N[C@@H](CCO[C@H]3C[C@H](CCc4ccc5c(n4)NCCC5)C3)C(=O)O)cccc21. The molecular weight excluding hydrogens is 458 g/mol. The van der Waals surface area contributed by atoms with Crippen molar-refractivity contribution in [3.05, 3.63) is 53.3 Å². The highest BCUT2D eigenvalue weighted by Crippen LogP contribution is 2.34. The Balaban J connectivity index is 1.04. The molecule has 36 heavy (non-hydrogen) atoms. The van der Waals surface area contributed by atoms with Gasteiger partial charge in [-0.25, -0.2) is 9.78 Å². The molecule has 1 saturated carbocycles. The fraction of sp³-hybridized carbons (Fsp3) is 0.481. The molecule has 1 aliphatic carbocycles. The molecule has 9 heteroatoms. The Hall–Kier alpha value is -3.46. The summed E-state index contributed by atoms with van der Waals surface area (Å²) in [5.41, 5.74) is 3.68. The molecule has 2 aliphatic rings. The lowest BCUT2D eigenvalue weighted by molar-refractivity contribution is -0.140. The maximum Gasteiger partial charge on any atom is 0.326 e. The molecule has 0 bridgehead atoms. The number of fused-ring (bicyclic) bond motifs is 2. The maximum absolute atomic E-state index is 12.8. The number of hydrogen-bond donors (Lipinski definition) is 3. The number of nitrogens with zero attached hydrogens (tertiary/aromatic N) is 3. The van der Waals surface area contributed by atoms with Gasteiger partial charge in [0, 0.05) is 37.7 Å². The van der Waals surface area contributed by atoms with E-state index in [0.717, 1.165) is 55.7 Å². The first kappa shape index (κ1) is 24.2. The van der Waals surface area contributed by atoms with Crippen LogP contribution in [0.2, 0.25) is 0 Å². The molecule has 0 saturated heterocycles. The lowest BCUT2D eigenvalue weighted by atomic mass is 9.79. The van der Waals surface area contributed by atoms with Crippen LogP contribution in [0.3, 0.4) is 0 Å². The number of carboxylic acid groups (broad SMARTS) is 1. The topological polar surface area (TPSA) is 118 Å². The van der Waals surface area contributed by atoms with Crippen LogP contribution >= 0.6 is 0 Å². The zero-order chi connectivity index (χ0) is 25.1. The summed E-state index contributed by atoms with van der Waals surface area (Å²) in [7, 11) is 1.80. The number of aliphatic carboxylic acids is 1. The summed E-state index contributed by atoms with van der Waals surface area (Å²) < 4.78 is 7.60. The number of carbonyl (C=O) groups is 2. The monoisotopic (exact) mass is 491 g/mol. The van der Waals surface area contributed by atoms with Crippen LogP contribution in [0.1, 0.15) is 53.7 Å². The number of anilines is 1. The van der Waals surface area contributed by atoms with Gasteiger partial charge in [0.15, 0.2) is 0 Å². The number of rotatable bonds is 10. The second-order valence-corrected chi connectivity index (χ2v) is 9.87. The lowest BCUT2D eigenvalue weighted by Crippen LogP contribution is -2.42. The fourth-order valence-electron chi connectivity index (χ4n) is 5.13. The van der Waals surface area contributed by atoms with Crippen LogP contribution in [-0.2, 0) is 29.4 Å². The normalized spacial score (nSPS) is 19.7. The van der Waals surface area contributed by atoms with Gasteiger partial charge in [-0.3, -0.25) is 9.48 Å². The molecule has 3 aromatic rings. The molecule has 1 atom stereocenters. The van der Waals surface area contributed by atoms with Crippen molar-refractivity contribution < 1.29 is 19.4 Å². The number of pyridine rings is 1. The molecule has 0 spiro atoms. The van der Waals surface area contributed by atoms with Crippen LogP contribution in [0.5, 0.6) is 0 Å². The molecule has 1 aromatic carbocycles. The number of carbonyl (C=O) groups excluding carboxylic acids is 1. The molecule has 0 radical (unpaired) electrons. The lowest BCUT2D eigenvalue weighted by Gasteiger charge is -2.35. The second kappa shape index (κ2) is 10.7. The highest BCUT2D eigenvalue weighted by Gasteiger charge is 2.30. The molecule has 1 fully saturated rings. The van der Waals surface area contributed by atoms with E-state index in [4.69, 9.17) is 9.72 Å². The number of hydrogen-bond acceptors (Lipinski definition) is 6. The number of aryl methyl sites for hydroxylation is 3. The van der Waals surface area contributed by atoms with Gasteiger partial charge in [-0.1, -0.05) is 12.1 Å². The Bertz CT molecular complexity index is 1250. The van der Waals surface area contributed by atoms with Crippen LogP contribution < -0.4 is 10.6 Å². The highest BCUT2D eigenvalue weighted by atomic mass is 16.5. The van der Waals surface area contributed by atoms with Crippen molar-refractivity contribution in [3.8, 4) is 0 Å². The first-order chi connectivity index (χ1) is 17.5. The van der Waals surface area contributed by atoms with Gasteiger partial charge in [0.25, 0.3) is 5.91 Å². The Kier molecular flexibility index (Phi) is 7.18. The predicted octanol–water partition coefficient (Wildman–Crippen LogP) is 3.33. The average molecular weight is 492 g/mol. The minimum absolute atomic E-state index is 0.155. The average Bonchev–Trinajstić information content (AvgIpc) is 3.24. The van der Waals surface area contributed by atoms with Crippen molar-refractivity contribution >= 4 is 28.6 Å². The van der Waals surface area contributed by atoms with E-state index in [0.29, 0.717) is 23.5 Å². The smallest absolute Gasteiger partial charge is 0.326 e. The van der Waals surface area contributed by atoms with Crippen molar-refractivity contribution in [2.24, 2.45) is 13.0 Å². The van der Waals surface area contributed by atoms with E-state index >= 15 is 0 Å². The van der Waals surface area contributed by atoms with Gasteiger partial charge in [0.1, 0.15) is 11.9 Å². The Morgan fingerprint density at radius 1 is 1.28 bits per heavy atom. The second-order valence-electron chi connectivity index (χ2n) is 9.87. The molecule has 1 aliphatic heterocycles. The van der Waals surface area contributed by atoms with Crippen molar-refractivity contribution in [3.63, 3.8) is 0 Å². The first-order valence-corrected chi connectivity index (χ1v) is 12.8. The van der Waals surface area contributed by atoms with E-state index in [-0.39, 0.29) is 12.5 Å². The van der Waals surface area contributed by atoms with Gasteiger partial charge >= 0.3 is 5.97 Å². The van der Waals surface area contributed by atoms with Gasteiger partial charge in [0.05, 0.1) is 23.4 Å². The van der Waals surface area contributed by atoms with Gasteiger partial charge < -0.3 is 20.5 Å². The number of nitrogens with one attached hydrogen (secondary N) is 2. The summed E-state index contributed by atoms with van der Waals surface area (Å²) in [6, 6.07) is 8.65. The van der Waals surface area contributed by atoms with Crippen LogP contribution in [0.4, 0.5) is 5.82 Å². The highest BCUT2D eigenvalue weighted by molar-refractivity contribution is 6.07. The van der Waals surface area contributed by atoms with E-state index in [1.165, 1.54) is 12.0 Å². The molecule has 9 nitrogen and oxygen atoms in total. The molecule has 1 amide bonds. The molecule has 5 rings (SSSR count). The van der Waals surface area contributed by atoms with Crippen LogP contribution in [0.15, 0.2) is 36.5 Å². The van der Waals surface area contributed by atoms with Gasteiger partial charge in [-0.2, -0.15) is 5.10 Å². The van der Waals surface area contributed by atoms with E-state index in [2.05, 4.69) is 27.9 Å². The van der Waals surface area contributed by atoms with Crippen LogP contribution in [0, 0.1) is 5.92 Å². The maximum atomic E-state index is 12.8. The number of ether oxygens (including phenoxy) is 1. The Morgan fingerprint density at radius 2 is 2.14 bits per heavy atom. The quantitative estimate of drug-likeness (QED) is 0.398. The number of carboxylic acids is 1. The molecule has 0 unspecified atom stereocenters. The summed E-state index contributed by atoms with van der Waals surface area (Å²) >= 11 is 0. The Morgan fingerprint density at radius 3 is 2.97 bits per heavy atom. The van der Waals surface area contributed by atoms with E-state index in [1.54, 1.807) is 30.1 Å². The third kappa shape index (κ3) is 5.36. The Labute approximate surface area is 210 Å². The summed E-state index contributed by atoms with van der Waals surface area (Å²) in [6.45, 7) is 1.29. The third-order valence-electron chi connectivity index (χ3n) is 7.35. The largest absolute Gasteiger partial charge is 0.480 e. The minimum Gasteiger partial charge on any atom is -0.480 e. The number of benzene rings is 1. The predicted molar refractivity (Wildman–Crippen MR) is 136 cm³/mol. The number of amides is 1. The molecular formula is C27H33N5O4. The molecule has 2 aromatic heterocycles. The van der Waals surface area contributed by atoms with E-state index in [1.807, 2.05) is 6.07 Å². The van der Waals surface area contributed by atoms with Gasteiger partial charge in [0.2, 0.25) is 0 Å². The van der Waals surface area contributed by atoms with Gasteiger partial charge in [-0.15, -0.1) is 0 Å². The van der Waals surface area contributed by atoms with Crippen LogP contribution in [0.25, 0.3) is 10.9 Å². The zero-order valence-corrected chi connectivity index (χ0v) is 20.6. The van der Waals surface area contributed by atoms with Crippen molar-refractivity contribution in [1.29, 1.82) is 0 Å². The summed E-state index contributed by atoms with van der Waals surface area (Å²) in [5.74, 6) is 0.168. The first-order valence-electron chi connectivity index (χ1n) is 12.8. The summed E-state index contributed by atoms with van der Waals surface area (Å²) in [5, 5.41) is 20.5. The van der Waals surface area contributed by atoms with Crippen molar-refractivity contribution in [2.75, 3.05) is 18.5 Å².